The Morgan fingerprint density at radius 1 is 1.33 bits per heavy atom. The number of aromatic nitrogens is 3. The molecule has 1 unspecified atom stereocenters. The zero-order chi connectivity index (χ0) is 16.8. The van der Waals surface area contributed by atoms with Crippen LogP contribution < -0.4 is 4.74 Å². The summed E-state index contributed by atoms with van der Waals surface area (Å²) in [7, 11) is 0. The second kappa shape index (κ2) is 8.26. The van der Waals surface area contributed by atoms with Crippen LogP contribution in [0.25, 0.3) is 0 Å². The van der Waals surface area contributed by atoms with Crippen LogP contribution >= 0.6 is 0 Å². The Bertz CT molecular complexity index is 643. The molecular formula is C18H26N4O2. The Labute approximate surface area is 143 Å². The average molecular weight is 330 g/mol. The third-order valence-electron chi connectivity index (χ3n) is 4.39. The molecule has 1 saturated heterocycles. The molecule has 1 aromatic heterocycles. The highest BCUT2D eigenvalue weighted by Gasteiger charge is 2.25. The molecule has 0 aliphatic carbocycles. The van der Waals surface area contributed by atoms with Crippen LogP contribution in [0.5, 0.6) is 5.75 Å². The molecule has 0 spiro atoms. The lowest BCUT2D eigenvalue weighted by Gasteiger charge is -2.32. The van der Waals surface area contributed by atoms with Crippen LogP contribution in [0.2, 0.25) is 0 Å². The minimum absolute atomic E-state index is 0.0125. The fourth-order valence-electron chi connectivity index (χ4n) is 3.01. The van der Waals surface area contributed by atoms with Crippen molar-refractivity contribution in [1.29, 1.82) is 0 Å². The Morgan fingerprint density at radius 2 is 2.21 bits per heavy atom. The van der Waals surface area contributed by atoms with Gasteiger partial charge in [-0.3, -0.25) is 4.90 Å². The topological polar surface area (TPSA) is 52.4 Å². The van der Waals surface area contributed by atoms with E-state index in [-0.39, 0.29) is 6.10 Å². The van der Waals surface area contributed by atoms with Gasteiger partial charge in [0.25, 0.3) is 0 Å². The summed E-state index contributed by atoms with van der Waals surface area (Å²) >= 11 is 0. The number of morpholine rings is 1. The lowest BCUT2D eigenvalue weighted by Crippen LogP contribution is -2.40. The zero-order valence-corrected chi connectivity index (χ0v) is 14.5. The van der Waals surface area contributed by atoms with E-state index < -0.39 is 0 Å². The molecule has 1 aliphatic rings. The second-order valence-electron chi connectivity index (χ2n) is 6.10. The van der Waals surface area contributed by atoms with Gasteiger partial charge in [-0.15, -0.1) is 10.2 Å². The van der Waals surface area contributed by atoms with Crippen molar-refractivity contribution in [2.24, 2.45) is 0 Å². The first-order chi connectivity index (χ1) is 11.8. The summed E-state index contributed by atoms with van der Waals surface area (Å²) < 4.78 is 13.8. The number of benzene rings is 1. The lowest BCUT2D eigenvalue weighted by atomic mass is 10.2. The van der Waals surface area contributed by atoms with Crippen molar-refractivity contribution in [3.05, 3.63) is 42.0 Å². The summed E-state index contributed by atoms with van der Waals surface area (Å²) in [5.41, 5.74) is 1.18. The van der Waals surface area contributed by atoms with E-state index in [0.29, 0.717) is 0 Å². The van der Waals surface area contributed by atoms with Crippen molar-refractivity contribution in [3.63, 3.8) is 0 Å². The van der Waals surface area contributed by atoms with Crippen molar-refractivity contribution in [2.75, 3.05) is 32.8 Å². The predicted molar refractivity (Wildman–Crippen MR) is 92.1 cm³/mol. The van der Waals surface area contributed by atoms with E-state index in [0.717, 1.165) is 57.4 Å². The monoisotopic (exact) mass is 330 g/mol. The molecule has 1 aromatic carbocycles. The van der Waals surface area contributed by atoms with Gasteiger partial charge in [0.1, 0.15) is 18.2 Å². The molecule has 1 fully saturated rings. The molecule has 0 N–H and O–H groups in total. The predicted octanol–water partition coefficient (Wildman–Crippen LogP) is 2.45. The molecule has 6 nitrogen and oxygen atoms in total. The summed E-state index contributed by atoms with van der Waals surface area (Å²) in [4.78, 5) is 2.42. The molecule has 0 bridgehead atoms. The third kappa shape index (κ3) is 4.13. The summed E-state index contributed by atoms with van der Waals surface area (Å²) in [6.07, 6.45) is 2.79. The lowest BCUT2D eigenvalue weighted by molar-refractivity contribution is -0.0369. The van der Waals surface area contributed by atoms with Crippen molar-refractivity contribution in [3.8, 4) is 5.75 Å². The maximum Gasteiger partial charge on any atom is 0.163 e. The van der Waals surface area contributed by atoms with Crippen LogP contribution in [-0.2, 0) is 11.3 Å². The molecule has 1 aliphatic heterocycles. The van der Waals surface area contributed by atoms with E-state index in [1.54, 1.807) is 6.33 Å². The first-order valence-corrected chi connectivity index (χ1v) is 8.68. The quantitative estimate of drug-likeness (QED) is 0.730. The SMILES string of the molecule is CCn1cnnc1C1CN(CCCOc2ccccc2C)CCO1. The first-order valence-electron chi connectivity index (χ1n) is 8.68. The van der Waals surface area contributed by atoms with E-state index in [1.807, 2.05) is 18.2 Å². The van der Waals surface area contributed by atoms with Crippen molar-refractivity contribution >= 4 is 0 Å². The van der Waals surface area contributed by atoms with Crippen molar-refractivity contribution in [1.82, 2.24) is 19.7 Å². The second-order valence-corrected chi connectivity index (χ2v) is 6.10. The van der Waals surface area contributed by atoms with E-state index in [9.17, 15) is 0 Å². The molecule has 24 heavy (non-hydrogen) atoms. The molecule has 2 aromatic rings. The van der Waals surface area contributed by atoms with Crippen LogP contribution in [0.4, 0.5) is 0 Å². The molecule has 2 heterocycles. The number of nitrogens with zero attached hydrogens (tertiary/aromatic N) is 4. The number of aryl methyl sites for hydroxylation is 2. The van der Waals surface area contributed by atoms with Gasteiger partial charge in [0.05, 0.1) is 13.2 Å². The third-order valence-corrected chi connectivity index (χ3v) is 4.39. The van der Waals surface area contributed by atoms with Crippen LogP contribution in [0.3, 0.4) is 0 Å². The van der Waals surface area contributed by atoms with Gasteiger partial charge < -0.3 is 14.0 Å². The van der Waals surface area contributed by atoms with Gasteiger partial charge in [-0.25, -0.2) is 0 Å². The highest BCUT2D eigenvalue weighted by atomic mass is 16.5. The number of hydrogen-bond acceptors (Lipinski definition) is 5. The van der Waals surface area contributed by atoms with Gasteiger partial charge in [0, 0.05) is 26.2 Å². The highest BCUT2D eigenvalue weighted by Crippen LogP contribution is 2.21. The molecule has 0 amide bonds. The van der Waals surface area contributed by atoms with Gasteiger partial charge in [-0.1, -0.05) is 18.2 Å². The Morgan fingerprint density at radius 3 is 3.04 bits per heavy atom. The summed E-state index contributed by atoms with van der Waals surface area (Å²) in [5.74, 6) is 1.91. The molecule has 0 radical (unpaired) electrons. The molecule has 1 atom stereocenters. The summed E-state index contributed by atoms with van der Waals surface area (Å²) in [6.45, 7) is 9.34. The average Bonchev–Trinajstić information content (AvgIpc) is 3.09. The zero-order valence-electron chi connectivity index (χ0n) is 14.5. The van der Waals surface area contributed by atoms with Crippen molar-refractivity contribution < 1.29 is 9.47 Å². The van der Waals surface area contributed by atoms with E-state index in [2.05, 4.69) is 39.6 Å². The molecule has 0 saturated carbocycles. The van der Waals surface area contributed by atoms with Crippen LogP contribution in [0.15, 0.2) is 30.6 Å². The highest BCUT2D eigenvalue weighted by molar-refractivity contribution is 5.31. The first kappa shape index (κ1) is 16.9. The van der Waals surface area contributed by atoms with Crippen LogP contribution in [-0.4, -0.2) is 52.5 Å². The maximum atomic E-state index is 5.89. The van der Waals surface area contributed by atoms with E-state index >= 15 is 0 Å². The summed E-state index contributed by atoms with van der Waals surface area (Å²) in [6, 6.07) is 8.15. The normalized spacial score (nSPS) is 18.7. The smallest absolute Gasteiger partial charge is 0.163 e. The van der Waals surface area contributed by atoms with Gasteiger partial charge in [-0.05, 0) is 31.9 Å². The summed E-state index contributed by atoms with van der Waals surface area (Å²) in [5, 5.41) is 8.23. The minimum Gasteiger partial charge on any atom is -0.493 e. The van der Waals surface area contributed by atoms with Gasteiger partial charge in [-0.2, -0.15) is 0 Å². The fourth-order valence-corrected chi connectivity index (χ4v) is 3.01. The van der Waals surface area contributed by atoms with E-state index in [1.165, 1.54) is 5.56 Å². The molecule has 130 valence electrons. The Balaban J connectivity index is 1.45. The van der Waals surface area contributed by atoms with Gasteiger partial charge in [0.2, 0.25) is 0 Å². The molecular weight excluding hydrogens is 304 g/mol. The number of ether oxygens (including phenoxy) is 2. The number of hydrogen-bond donors (Lipinski definition) is 0. The van der Waals surface area contributed by atoms with Gasteiger partial charge >= 0.3 is 0 Å². The standard InChI is InChI=1S/C18H26N4O2/c1-3-22-14-19-20-18(22)17-13-21(10-12-24-17)9-6-11-23-16-8-5-4-7-15(16)2/h4-5,7-8,14,17H,3,6,9-13H2,1-2H3. The fraction of sp³-hybridized carbons (Fsp3) is 0.556. The van der Waals surface area contributed by atoms with Crippen molar-refractivity contribution in [2.45, 2.75) is 32.9 Å². The largest absolute Gasteiger partial charge is 0.493 e. The van der Waals surface area contributed by atoms with Crippen LogP contribution in [0, 0.1) is 6.92 Å². The minimum atomic E-state index is 0.0125. The number of para-hydroxylation sites is 1. The van der Waals surface area contributed by atoms with E-state index in [4.69, 9.17) is 9.47 Å². The Hall–Kier alpha value is -1.92. The molecule has 6 heteroatoms. The van der Waals surface area contributed by atoms with Crippen LogP contribution in [0.1, 0.15) is 30.8 Å². The molecule has 3 rings (SSSR count). The number of rotatable bonds is 7. The van der Waals surface area contributed by atoms with Gasteiger partial charge in [0.15, 0.2) is 5.82 Å². The maximum absolute atomic E-state index is 5.89. The Kier molecular flexibility index (Phi) is 5.82.